The highest BCUT2D eigenvalue weighted by Gasteiger charge is 2.28. The van der Waals surface area contributed by atoms with Gasteiger partial charge in [-0.15, -0.1) is 0 Å². The zero-order chi connectivity index (χ0) is 19.4. The van der Waals surface area contributed by atoms with Crippen LogP contribution >= 0.6 is 0 Å². The minimum atomic E-state index is -0.0621. The van der Waals surface area contributed by atoms with Gasteiger partial charge in [0.05, 0.1) is 14.2 Å². The predicted octanol–water partition coefficient (Wildman–Crippen LogP) is 0.956. The molecule has 27 heavy (non-hydrogen) atoms. The van der Waals surface area contributed by atoms with E-state index in [0.29, 0.717) is 31.6 Å². The van der Waals surface area contributed by atoms with Gasteiger partial charge in [-0.3, -0.25) is 14.5 Å². The van der Waals surface area contributed by atoms with Crippen LogP contribution in [0.4, 0.5) is 0 Å². The van der Waals surface area contributed by atoms with Crippen LogP contribution in [-0.4, -0.2) is 79.8 Å². The van der Waals surface area contributed by atoms with E-state index in [1.54, 1.807) is 21.3 Å². The number of amides is 2. The molecule has 0 spiro atoms. The lowest BCUT2D eigenvalue weighted by molar-refractivity contribution is -0.131. The van der Waals surface area contributed by atoms with Crippen LogP contribution in [0.3, 0.4) is 0 Å². The SMILES string of the molecule is COc1ccc(OC)c(CN2CCN(C(=O)C3=NN(C)C(=O)CC3)CC2)c1. The Balaban J connectivity index is 1.59. The Morgan fingerprint density at radius 3 is 2.48 bits per heavy atom. The number of hydrogen-bond donors (Lipinski definition) is 0. The summed E-state index contributed by atoms with van der Waals surface area (Å²) in [5, 5.41) is 5.40. The van der Waals surface area contributed by atoms with Crippen molar-refractivity contribution in [1.82, 2.24) is 14.8 Å². The standard InChI is InChI=1S/C19H26N4O4/c1-21-18(24)7-5-16(20-21)19(25)23-10-8-22(9-11-23)13-14-12-15(26-2)4-6-17(14)27-3/h4,6,12H,5,7-11,13H2,1-3H3. The molecule has 1 saturated heterocycles. The number of benzene rings is 1. The Labute approximate surface area is 159 Å². The molecule has 0 N–H and O–H groups in total. The molecule has 8 heteroatoms. The Bertz CT molecular complexity index is 741. The predicted molar refractivity (Wildman–Crippen MR) is 101 cm³/mol. The summed E-state index contributed by atoms with van der Waals surface area (Å²) in [4.78, 5) is 28.3. The summed E-state index contributed by atoms with van der Waals surface area (Å²) in [6.45, 7) is 3.56. The molecule has 2 aliphatic rings. The Morgan fingerprint density at radius 1 is 1.11 bits per heavy atom. The molecule has 0 unspecified atom stereocenters. The average Bonchev–Trinajstić information content (AvgIpc) is 2.70. The molecule has 2 aliphatic heterocycles. The van der Waals surface area contributed by atoms with Gasteiger partial charge in [-0.2, -0.15) is 5.10 Å². The molecular formula is C19H26N4O4. The third kappa shape index (κ3) is 4.39. The molecule has 0 saturated carbocycles. The van der Waals surface area contributed by atoms with E-state index in [4.69, 9.17) is 9.47 Å². The topological polar surface area (TPSA) is 74.7 Å². The van der Waals surface area contributed by atoms with Crippen LogP contribution < -0.4 is 9.47 Å². The summed E-state index contributed by atoms with van der Waals surface area (Å²) in [5.41, 5.74) is 1.54. The maximum absolute atomic E-state index is 12.7. The van der Waals surface area contributed by atoms with Crippen LogP contribution in [0.25, 0.3) is 0 Å². The van der Waals surface area contributed by atoms with Crippen LogP contribution in [-0.2, 0) is 16.1 Å². The molecule has 0 bridgehead atoms. The molecule has 146 valence electrons. The second-order valence-electron chi connectivity index (χ2n) is 6.71. The number of hydrazone groups is 1. The van der Waals surface area contributed by atoms with Crippen LogP contribution in [0.5, 0.6) is 11.5 Å². The number of piperazine rings is 1. The third-order valence-electron chi connectivity index (χ3n) is 5.00. The summed E-state index contributed by atoms with van der Waals surface area (Å²) in [5.74, 6) is 1.52. The van der Waals surface area contributed by atoms with Crippen molar-refractivity contribution in [2.24, 2.45) is 5.10 Å². The molecule has 0 aromatic heterocycles. The van der Waals surface area contributed by atoms with Gasteiger partial charge in [0.25, 0.3) is 5.91 Å². The minimum Gasteiger partial charge on any atom is -0.497 e. The maximum Gasteiger partial charge on any atom is 0.270 e. The van der Waals surface area contributed by atoms with Crippen LogP contribution in [0.15, 0.2) is 23.3 Å². The molecular weight excluding hydrogens is 348 g/mol. The molecule has 3 rings (SSSR count). The van der Waals surface area contributed by atoms with E-state index in [0.717, 1.165) is 36.7 Å². The Morgan fingerprint density at radius 2 is 1.85 bits per heavy atom. The van der Waals surface area contributed by atoms with E-state index in [1.807, 2.05) is 23.1 Å². The van der Waals surface area contributed by atoms with Gasteiger partial charge in [0.1, 0.15) is 17.2 Å². The van der Waals surface area contributed by atoms with E-state index < -0.39 is 0 Å². The van der Waals surface area contributed by atoms with Gasteiger partial charge in [0.2, 0.25) is 5.91 Å². The number of carbonyl (C=O) groups excluding carboxylic acids is 2. The van der Waals surface area contributed by atoms with E-state index >= 15 is 0 Å². The molecule has 1 aromatic rings. The second-order valence-corrected chi connectivity index (χ2v) is 6.71. The van der Waals surface area contributed by atoms with Gasteiger partial charge in [-0.1, -0.05) is 0 Å². The molecule has 0 aliphatic carbocycles. The third-order valence-corrected chi connectivity index (χ3v) is 5.00. The highest BCUT2D eigenvalue weighted by Crippen LogP contribution is 2.25. The summed E-state index contributed by atoms with van der Waals surface area (Å²) in [6.07, 6.45) is 0.764. The fourth-order valence-corrected chi connectivity index (χ4v) is 3.36. The van der Waals surface area contributed by atoms with Crippen LogP contribution in [0, 0.1) is 0 Å². The maximum atomic E-state index is 12.7. The number of hydrogen-bond acceptors (Lipinski definition) is 6. The summed E-state index contributed by atoms with van der Waals surface area (Å²) in [6, 6.07) is 5.78. The van der Waals surface area contributed by atoms with Crippen LogP contribution in [0.1, 0.15) is 18.4 Å². The monoisotopic (exact) mass is 374 g/mol. The highest BCUT2D eigenvalue weighted by molar-refractivity contribution is 6.39. The van der Waals surface area contributed by atoms with E-state index in [1.165, 1.54) is 5.01 Å². The highest BCUT2D eigenvalue weighted by atomic mass is 16.5. The van der Waals surface area contributed by atoms with Gasteiger partial charge in [0.15, 0.2) is 0 Å². The van der Waals surface area contributed by atoms with Crippen molar-refractivity contribution < 1.29 is 19.1 Å². The zero-order valence-corrected chi connectivity index (χ0v) is 16.1. The molecule has 1 fully saturated rings. The van der Waals surface area contributed by atoms with Crippen molar-refractivity contribution in [3.63, 3.8) is 0 Å². The smallest absolute Gasteiger partial charge is 0.270 e. The van der Waals surface area contributed by atoms with Gasteiger partial charge < -0.3 is 14.4 Å². The lowest BCUT2D eigenvalue weighted by Crippen LogP contribution is -2.51. The lowest BCUT2D eigenvalue weighted by Gasteiger charge is -2.35. The molecule has 8 nitrogen and oxygen atoms in total. The van der Waals surface area contributed by atoms with Crippen molar-refractivity contribution in [3.05, 3.63) is 23.8 Å². The van der Waals surface area contributed by atoms with Gasteiger partial charge in [-0.25, -0.2) is 5.01 Å². The summed E-state index contributed by atoms with van der Waals surface area (Å²) < 4.78 is 10.8. The van der Waals surface area contributed by atoms with E-state index in [-0.39, 0.29) is 11.8 Å². The van der Waals surface area contributed by atoms with Crippen molar-refractivity contribution in [1.29, 1.82) is 0 Å². The molecule has 0 radical (unpaired) electrons. The normalized spacial score (nSPS) is 18.3. The van der Waals surface area contributed by atoms with Gasteiger partial charge in [-0.05, 0) is 18.2 Å². The van der Waals surface area contributed by atoms with Gasteiger partial charge >= 0.3 is 0 Å². The summed E-state index contributed by atoms with van der Waals surface area (Å²) in [7, 11) is 4.90. The largest absolute Gasteiger partial charge is 0.497 e. The van der Waals surface area contributed by atoms with Crippen molar-refractivity contribution in [2.75, 3.05) is 47.4 Å². The first kappa shape index (κ1) is 19.2. The van der Waals surface area contributed by atoms with Crippen molar-refractivity contribution >= 4 is 17.5 Å². The van der Waals surface area contributed by atoms with Crippen LogP contribution in [0.2, 0.25) is 0 Å². The molecule has 2 amide bonds. The van der Waals surface area contributed by atoms with E-state index in [9.17, 15) is 9.59 Å². The Kier molecular flexibility index (Phi) is 5.95. The number of rotatable bonds is 5. The summed E-state index contributed by atoms with van der Waals surface area (Å²) >= 11 is 0. The van der Waals surface area contributed by atoms with Crippen molar-refractivity contribution in [2.45, 2.75) is 19.4 Å². The minimum absolute atomic E-state index is 0.0522. The quantitative estimate of drug-likeness (QED) is 0.767. The molecule has 0 atom stereocenters. The number of nitrogens with zero attached hydrogens (tertiary/aromatic N) is 4. The fraction of sp³-hybridized carbons (Fsp3) is 0.526. The first-order valence-corrected chi connectivity index (χ1v) is 9.08. The zero-order valence-electron chi connectivity index (χ0n) is 16.1. The van der Waals surface area contributed by atoms with Gasteiger partial charge in [0, 0.05) is 58.2 Å². The van der Waals surface area contributed by atoms with Crippen molar-refractivity contribution in [3.8, 4) is 11.5 Å². The molecule has 2 heterocycles. The fourth-order valence-electron chi connectivity index (χ4n) is 3.36. The number of carbonyl (C=O) groups is 2. The first-order valence-electron chi connectivity index (χ1n) is 9.08. The molecule has 1 aromatic carbocycles. The second kappa shape index (κ2) is 8.39. The van der Waals surface area contributed by atoms with E-state index in [2.05, 4.69) is 10.0 Å². The average molecular weight is 374 g/mol. The number of ether oxygens (including phenoxy) is 2. The number of methoxy groups -OCH3 is 2. The Hall–Kier alpha value is -2.61. The first-order chi connectivity index (χ1) is 13.0. The lowest BCUT2D eigenvalue weighted by atomic mass is 10.1.